The topological polar surface area (TPSA) is 131 Å². The Morgan fingerprint density at radius 3 is 2.37 bits per heavy atom. The normalized spacial score (nSPS) is 11.3. The van der Waals surface area contributed by atoms with Crippen LogP contribution in [0, 0.1) is 28.5 Å². The summed E-state index contributed by atoms with van der Waals surface area (Å²) in [6, 6.07) is 17.0. The molecule has 4 rings (SSSR count). The zero-order valence-corrected chi connectivity index (χ0v) is 21.6. The van der Waals surface area contributed by atoms with Crippen LogP contribution in [0.1, 0.15) is 28.8 Å². The van der Waals surface area contributed by atoms with Crippen LogP contribution in [0.5, 0.6) is 0 Å². The number of pyridine rings is 1. The molecule has 0 saturated carbocycles. The highest BCUT2D eigenvalue weighted by Crippen LogP contribution is 2.31. The smallest absolute Gasteiger partial charge is 0.260 e. The van der Waals surface area contributed by atoms with E-state index in [1.54, 1.807) is 24.5 Å². The summed E-state index contributed by atoms with van der Waals surface area (Å²) in [5, 5.41) is 18.1. The first-order valence-electron chi connectivity index (χ1n) is 11.4. The number of sulfonamides is 1. The van der Waals surface area contributed by atoms with Crippen LogP contribution in [0.4, 0.5) is 9.52 Å². The van der Waals surface area contributed by atoms with Gasteiger partial charge in [-0.25, -0.2) is 17.8 Å². The van der Waals surface area contributed by atoms with Crippen LogP contribution in [0.2, 0.25) is 0 Å². The van der Waals surface area contributed by atoms with Gasteiger partial charge in [0.15, 0.2) is 5.13 Å². The first-order chi connectivity index (χ1) is 18.3. The zero-order chi connectivity index (χ0) is 27.1. The number of fused-ring (bicyclic) bond motifs is 1. The molecule has 12 heteroatoms. The van der Waals surface area contributed by atoms with Crippen LogP contribution < -0.4 is 4.90 Å². The van der Waals surface area contributed by atoms with Crippen molar-refractivity contribution >= 4 is 42.6 Å². The molecule has 0 atom stereocenters. The average Bonchev–Trinajstić information content (AvgIpc) is 3.35. The molecule has 0 spiro atoms. The molecule has 1 amide bonds. The third kappa shape index (κ3) is 6.01. The molecule has 9 nitrogen and oxygen atoms in total. The van der Waals surface area contributed by atoms with E-state index in [-0.39, 0.29) is 42.9 Å². The standard InChI is InChI=1S/C26H21FN6O3S2/c27-21-7-10-23-24(16-21)37-26(31-23)33(18-19-4-1-13-30-17-19)25(34)20-5-8-22(9-6-20)38(35,36)32(14-2-11-28)15-3-12-29/h1,4-10,13,16-17H,2-3,14-15,18H2. The maximum absolute atomic E-state index is 13.8. The van der Waals surface area contributed by atoms with Crippen LogP contribution in [0.25, 0.3) is 10.2 Å². The maximum Gasteiger partial charge on any atom is 0.260 e. The van der Waals surface area contributed by atoms with Gasteiger partial charge in [-0.05, 0) is 54.1 Å². The van der Waals surface area contributed by atoms with Crippen LogP contribution in [0.15, 0.2) is 71.9 Å². The zero-order valence-electron chi connectivity index (χ0n) is 20.0. The Bertz CT molecular complexity index is 1610. The predicted molar refractivity (Wildman–Crippen MR) is 140 cm³/mol. The van der Waals surface area contributed by atoms with Crippen molar-refractivity contribution < 1.29 is 17.6 Å². The lowest BCUT2D eigenvalue weighted by atomic mass is 10.2. The quantitative estimate of drug-likeness (QED) is 0.285. The van der Waals surface area contributed by atoms with Crippen molar-refractivity contribution in [2.24, 2.45) is 0 Å². The average molecular weight is 549 g/mol. The second-order valence-corrected chi connectivity index (χ2v) is 11.1. The number of hydrogen-bond donors (Lipinski definition) is 0. The number of halogens is 1. The van der Waals surface area contributed by atoms with E-state index in [2.05, 4.69) is 9.97 Å². The Hall–Kier alpha value is -4.23. The van der Waals surface area contributed by atoms with Crippen molar-refractivity contribution in [3.05, 3.63) is 83.9 Å². The fourth-order valence-electron chi connectivity index (χ4n) is 3.68. The summed E-state index contributed by atoms with van der Waals surface area (Å²) in [4.78, 5) is 23.6. The van der Waals surface area contributed by atoms with Gasteiger partial charge in [-0.15, -0.1) is 0 Å². The van der Waals surface area contributed by atoms with Gasteiger partial charge in [0.05, 0.1) is 33.8 Å². The van der Waals surface area contributed by atoms with Crippen molar-refractivity contribution in [3.8, 4) is 12.1 Å². The number of carbonyl (C=O) groups excluding carboxylic acids is 1. The highest BCUT2D eigenvalue weighted by Gasteiger charge is 2.26. The first-order valence-corrected chi connectivity index (χ1v) is 13.7. The van der Waals surface area contributed by atoms with E-state index in [4.69, 9.17) is 10.5 Å². The van der Waals surface area contributed by atoms with Gasteiger partial charge < -0.3 is 0 Å². The van der Waals surface area contributed by atoms with E-state index in [0.717, 1.165) is 9.87 Å². The lowest BCUT2D eigenvalue weighted by Crippen LogP contribution is -2.33. The van der Waals surface area contributed by atoms with E-state index >= 15 is 0 Å². The summed E-state index contributed by atoms with van der Waals surface area (Å²) in [7, 11) is -3.98. The molecule has 0 radical (unpaired) electrons. The highest BCUT2D eigenvalue weighted by atomic mass is 32.2. The van der Waals surface area contributed by atoms with Gasteiger partial charge in [0.1, 0.15) is 5.82 Å². The van der Waals surface area contributed by atoms with E-state index in [1.165, 1.54) is 52.6 Å². The fraction of sp³-hybridized carbons (Fsp3) is 0.192. The molecule has 0 aliphatic rings. The molecule has 0 fully saturated rings. The van der Waals surface area contributed by atoms with E-state index < -0.39 is 21.7 Å². The number of anilines is 1. The molecule has 0 unspecified atom stereocenters. The van der Waals surface area contributed by atoms with Gasteiger partial charge in [0.25, 0.3) is 5.91 Å². The SMILES string of the molecule is N#CCCN(CCC#N)S(=O)(=O)c1ccc(C(=O)N(Cc2cccnc2)c2nc3ccc(F)cc3s2)cc1. The second kappa shape index (κ2) is 11.9. The number of rotatable bonds is 10. The first kappa shape index (κ1) is 26.8. The van der Waals surface area contributed by atoms with E-state index in [9.17, 15) is 17.6 Å². The number of nitrogens with zero attached hydrogens (tertiary/aromatic N) is 6. The lowest BCUT2D eigenvalue weighted by Gasteiger charge is -2.21. The van der Waals surface area contributed by atoms with Crippen molar-refractivity contribution in [1.29, 1.82) is 10.5 Å². The molecule has 192 valence electrons. The van der Waals surface area contributed by atoms with Crippen molar-refractivity contribution in [3.63, 3.8) is 0 Å². The number of aromatic nitrogens is 2. The molecule has 0 saturated heterocycles. The Balaban J connectivity index is 1.66. The van der Waals surface area contributed by atoms with Gasteiger partial charge in [-0.3, -0.25) is 14.7 Å². The van der Waals surface area contributed by atoms with Gasteiger partial charge in [-0.2, -0.15) is 14.8 Å². The summed E-state index contributed by atoms with van der Waals surface area (Å²) in [5.41, 5.74) is 1.52. The molecule has 2 aromatic heterocycles. The molecule has 4 aromatic rings. The Labute approximate surface area is 223 Å². The molecule has 38 heavy (non-hydrogen) atoms. The molecule has 0 aliphatic heterocycles. The Kier molecular flexibility index (Phi) is 8.38. The number of nitriles is 2. The second-order valence-electron chi connectivity index (χ2n) is 8.11. The minimum atomic E-state index is -3.98. The third-order valence-electron chi connectivity index (χ3n) is 5.56. The number of hydrogen-bond acceptors (Lipinski definition) is 8. The molecule has 0 bridgehead atoms. The summed E-state index contributed by atoms with van der Waals surface area (Å²) < 4.78 is 41.7. The third-order valence-corrected chi connectivity index (χ3v) is 8.52. The summed E-state index contributed by atoms with van der Waals surface area (Å²) in [6.07, 6.45) is 3.21. The van der Waals surface area contributed by atoms with E-state index in [0.29, 0.717) is 15.3 Å². The molecule has 2 heterocycles. The van der Waals surface area contributed by atoms with Gasteiger partial charge in [0, 0.05) is 43.9 Å². The van der Waals surface area contributed by atoms with Gasteiger partial charge in [0.2, 0.25) is 10.0 Å². The monoisotopic (exact) mass is 548 g/mol. The molecule has 0 aliphatic carbocycles. The summed E-state index contributed by atoms with van der Waals surface area (Å²) in [5.74, 6) is -0.837. The van der Waals surface area contributed by atoms with E-state index in [1.807, 2.05) is 18.2 Å². The molecular weight excluding hydrogens is 527 g/mol. The van der Waals surface area contributed by atoms with Crippen molar-refractivity contribution in [1.82, 2.24) is 14.3 Å². The minimum Gasteiger partial charge on any atom is -0.279 e. The predicted octanol–water partition coefficient (Wildman–Crippen LogP) is 4.50. The maximum atomic E-state index is 13.8. The highest BCUT2D eigenvalue weighted by molar-refractivity contribution is 7.89. The lowest BCUT2D eigenvalue weighted by molar-refractivity contribution is 0.0985. The molecule has 2 aromatic carbocycles. The fourth-order valence-corrected chi connectivity index (χ4v) is 6.11. The largest absolute Gasteiger partial charge is 0.279 e. The van der Waals surface area contributed by atoms with Gasteiger partial charge >= 0.3 is 0 Å². The molecular formula is C26H21FN6O3S2. The Morgan fingerprint density at radius 2 is 1.74 bits per heavy atom. The summed E-state index contributed by atoms with van der Waals surface area (Å²) in [6.45, 7) is 0.0572. The minimum absolute atomic E-state index is 0.0173. The number of thiazole rings is 1. The van der Waals surface area contributed by atoms with Crippen LogP contribution in [-0.2, 0) is 16.6 Å². The van der Waals surface area contributed by atoms with Crippen molar-refractivity contribution in [2.45, 2.75) is 24.3 Å². The van der Waals surface area contributed by atoms with Crippen LogP contribution >= 0.6 is 11.3 Å². The Morgan fingerprint density at radius 1 is 1.03 bits per heavy atom. The summed E-state index contributed by atoms with van der Waals surface area (Å²) >= 11 is 1.17. The van der Waals surface area contributed by atoms with Gasteiger partial charge in [-0.1, -0.05) is 17.4 Å². The van der Waals surface area contributed by atoms with Crippen molar-refractivity contribution in [2.75, 3.05) is 18.0 Å². The van der Waals surface area contributed by atoms with Crippen LogP contribution in [0.3, 0.4) is 0 Å². The number of amides is 1. The number of benzene rings is 2. The number of carbonyl (C=O) groups is 1. The molecule has 0 N–H and O–H groups in total. The van der Waals surface area contributed by atoms with Crippen LogP contribution in [-0.4, -0.2) is 41.7 Å².